The molecule has 0 unspecified atom stereocenters. The van der Waals surface area contributed by atoms with Crippen LogP contribution in [0.5, 0.6) is 0 Å². The van der Waals surface area contributed by atoms with E-state index in [-0.39, 0.29) is 5.78 Å². The van der Waals surface area contributed by atoms with Crippen molar-refractivity contribution >= 4 is 18.4 Å². The molecule has 0 aliphatic carbocycles. The molecule has 0 atom stereocenters. The first-order valence-corrected chi connectivity index (χ1v) is 4.86. The lowest BCUT2D eigenvalue weighted by molar-refractivity contribution is 0.101. The van der Waals surface area contributed by atoms with Gasteiger partial charge >= 0.3 is 0 Å². The third kappa shape index (κ3) is 3.64. The number of aryl methyl sites for hydroxylation is 1. The Kier molecular flexibility index (Phi) is 5.47. The summed E-state index contributed by atoms with van der Waals surface area (Å²) in [5.41, 5.74) is 1.82. The summed E-state index contributed by atoms with van der Waals surface area (Å²) in [4.78, 5) is 11.7. The van der Waals surface area contributed by atoms with Crippen molar-refractivity contribution in [2.24, 2.45) is 0 Å². The summed E-state index contributed by atoms with van der Waals surface area (Å²) < 4.78 is 0. The normalized spacial score (nSPS) is 8.69. The van der Waals surface area contributed by atoms with Gasteiger partial charge in [0, 0.05) is 10.5 Å². The van der Waals surface area contributed by atoms with Crippen molar-refractivity contribution in [2.45, 2.75) is 32.6 Å². The van der Waals surface area contributed by atoms with Crippen LogP contribution in [0, 0.1) is 6.92 Å². The second kappa shape index (κ2) is 5.81. The summed E-state index contributed by atoms with van der Waals surface area (Å²) in [5.74, 6) is 0.0648. The number of thiol groups is 1. The monoisotopic (exact) mass is 196 g/mol. The molecule has 1 aromatic rings. The molecule has 0 saturated heterocycles. The molecule has 1 rings (SSSR count). The lowest BCUT2D eigenvalue weighted by Crippen LogP contribution is -1.93. The summed E-state index contributed by atoms with van der Waals surface area (Å²) in [7, 11) is 0. The van der Waals surface area contributed by atoms with Crippen LogP contribution >= 0.6 is 12.6 Å². The Labute approximate surface area is 85.6 Å². The van der Waals surface area contributed by atoms with Gasteiger partial charge < -0.3 is 0 Å². The van der Waals surface area contributed by atoms with Crippen LogP contribution in [0.3, 0.4) is 0 Å². The third-order valence-corrected chi connectivity index (χ3v) is 1.90. The molecule has 0 amide bonds. The number of benzene rings is 1. The van der Waals surface area contributed by atoms with E-state index in [1.807, 2.05) is 32.9 Å². The highest BCUT2D eigenvalue weighted by molar-refractivity contribution is 7.80. The summed E-state index contributed by atoms with van der Waals surface area (Å²) in [6, 6.07) is 5.61. The Morgan fingerprint density at radius 2 is 1.85 bits per heavy atom. The number of carbonyl (C=O) groups is 1. The highest BCUT2D eigenvalue weighted by atomic mass is 32.1. The molecule has 0 N–H and O–H groups in total. The molecule has 0 saturated carbocycles. The zero-order valence-corrected chi connectivity index (χ0v) is 9.48. The van der Waals surface area contributed by atoms with Crippen molar-refractivity contribution in [3.63, 3.8) is 0 Å². The molecule has 1 nitrogen and oxygen atoms in total. The van der Waals surface area contributed by atoms with Crippen molar-refractivity contribution in [1.29, 1.82) is 0 Å². The molecule has 72 valence electrons. The zero-order valence-electron chi connectivity index (χ0n) is 8.59. The number of hydrogen-bond acceptors (Lipinski definition) is 2. The van der Waals surface area contributed by atoms with Gasteiger partial charge in [-0.05, 0) is 25.5 Å². The minimum absolute atomic E-state index is 0.0648. The van der Waals surface area contributed by atoms with Gasteiger partial charge in [0.15, 0.2) is 5.78 Å². The standard InChI is InChI=1S/C9H10OS.C2H6/c1-6-3-4-8(7(2)10)9(11)5-6;1-2/h3-5,11H,1-2H3;1-2H3. The Morgan fingerprint density at radius 3 is 2.23 bits per heavy atom. The van der Waals surface area contributed by atoms with Crippen LogP contribution in [0.1, 0.15) is 36.7 Å². The van der Waals surface area contributed by atoms with E-state index >= 15 is 0 Å². The molecule has 0 heterocycles. The summed E-state index contributed by atoms with van der Waals surface area (Å²) in [6.07, 6.45) is 0. The van der Waals surface area contributed by atoms with E-state index in [2.05, 4.69) is 12.6 Å². The second-order valence-corrected chi connectivity index (χ2v) is 3.06. The third-order valence-electron chi connectivity index (χ3n) is 1.53. The molecule has 0 spiro atoms. The van der Waals surface area contributed by atoms with Gasteiger partial charge in [-0.3, -0.25) is 4.79 Å². The molecular formula is C11H16OS. The van der Waals surface area contributed by atoms with Crippen LogP contribution in [0.4, 0.5) is 0 Å². The van der Waals surface area contributed by atoms with Gasteiger partial charge in [0.1, 0.15) is 0 Å². The molecule has 0 bridgehead atoms. The summed E-state index contributed by atoms with van der Waals surface area (Å²) >= 11 is 4.19. The van der Waals surface area contributed by atoms with Crippen LogP contribution in [0.15, 0.2) is 23.1 Å². The van der Waals surface area contributed by atoms with Gasteiger partial charge in [-0.15, -0.1) is 12.6 Å². The van der Waals surface area contributed by atoms with Gasteiger partial charge in [0.05, 0.1) is 0 Å². The van der Waals surface area contributed by atoms with E-state index in [1.165, 1.54) is 0 Å². The SMILES string of the molecule is CC.CC(=O)c1ccc(C)cc1S. The summed E-state index contributed by atoms with van der Waals surface area (Å²) in [5, 5.41) is 0. The molecule has 0 aliphatic rings. The lowest BCUT2D eigenvalue weighted by Gasteiger charge is -2.00. The van der Waals surface area contributed by atoms with E-state index in [0.717, 1.165) is 10.5 Å². The number of rotatable bonds is 1. The van der Waals surface area contributed by atoms with Gasteiger partial charge in [0.25, 0.3) is 0 Å². The van der Waals surface area contributed by atoms with E-state index in [4.69, 9.17) is 0 Å². The molecule has 0 fully saturated rings. The van der Waals surface area contributed by atoms with Crippen LogP contribution in [-0.2, 0) is 0 Å². The maximum Gasteiger partial charge on any atom is 0.160 e. The fraction of sp³-hybridized carbons (Fsp3) is 0.364. The van der Waals surface area contributed by atoms with E-state index < -0.39 is 0 Å². The molecular weight excluding hydrogens is 180 g/mol. The van der Waals surface area contributed by atoms with Crippen LogP contribution < -0.4 is 0 Å². The Morgan fingerprint density at radius 1 is 1.31 bits per heavy atom. The van der Waals surface area contributed by atoms with Crippen molar-refractivity contribution in [1.82, 2.24) is 0 Å². The number of ketones is 1. The fourth-order valence-corrected chi connectivity index (χ4v) is 1.38. The van der Waals surface area contributed by atoms with Crippen molar-refractivity contribution in [3.05, 3.63) is 29.3 Å². The van der Waals surface area contributed by atoms with Crippen molar-refractivity contribution in [3.8, 4) is 0 Å². The number of carbonyl (C=O) groups excluding carboxylic acids is 1. The molecule has 2 heteroatoms. The highest BCUT2D eigenvalue weighted by Crippen LogP contribution is 2.15. The largest absolute Gasteiger partial charge is 0.294 e. The van der Waals surface area contributed by atoms with Gasteiger partial charge in [-0.2, -0.15) is 0 Å². The smallest absolute Gasteiger partial charge is 0.160 e. The number of Topliss-reactive ketones (excluding diaryl/α,β-unsaturated/α-hetero) is 1. The topological polar surface area (TPSA) is 17.1 Å². The van der Waals surface area contributed by atoms with E-state index in [1.54, 1.807) is 13.0 Å². The Bertz CT molecular complexity index is 292. The average molecular weight is 196 g/mol. The molecule has 1 aromatic carbocycles. The average Bonchev–Trinajstić information content (AvgIpc) is 2.07. The van der Waals surface area contributed by atoms with Crippen LogP contribution in [-0.4, -0.2) is 5.78 Å². The lowest BCUT2D eigenvalue weighted by atomic mass is 10.1. The maximum atomic E-state index is 10.9. The van der Waals surface area contributed by atoms with E-state index in [9.17, 15) is 4.79 Å². The first-order valence-electron chi connectivity index (χ1n) is 4.42. The Balaban J connectivity index is 0.000000671. The molecule has 0 aliphatic heterocycles. The first kappa shape index (κ1) is 12.2. The van der Waals surface area contributed by atoms with Crippen molar-refractivity contribution in [2.75, 3.05) is 0 Å². The fourth-order valence-electron chi connectivity index (χ4n) is 0.939. The maximum absolute atomic E-state index is 10.9. The molecule has 0 radical (unpaired) electrons. The minimum atomic E-state index is 0.0648. The summed E-state index contributed by atoms with van der Waals surface area (Å²) in [6.45, 7) is 7.52. The van der Waals surface area contributed by atoms with Gasteiger partial charge in [-0.25, -0.2) is 0 Å². The zero-order chi connectivity index (χ0) is 10.4. The van der Waals surface area contributed by atoms with Gasteiger partial charge in [0.2, 0.25) is 0 Å². The molecule has 13 heavy (non-hydrogen) atoms. The predicted molar refractivity (Wildman–Crippen MR) is 59.8 cm³/mol. The predicted octanol–water partition coefficient (Wildman–Crippen LogP) is 3.51. The second-order valence-electron chi connectivity index (χ2n) is 2.58. The number of hydrogen-bond donors (Lipinski definition) is 1. The highest BCUT2D eigenvalue weighted by Gasteiger charge is 2.02. The first-order chi connectivity index (χ1) is 6.11. The Hall–Kier alpha value is -0.760. The van der Waals surface area contributed by atoms with Crippen LogP contribution in [0.25, 0.3) is 0 Å². The van der Waals surface area contributed by atoms with Gasteiger partial charge in [-0.1, -0.05) is 26.0 Å². The minimum Gasteiger partial charge on any atom is -0.294 e. The quantitative estimate of drug-likeness (QED) is 0.537. The van der Waals surface area contributed by atoms with Crippen molar-refractivity contribution < 1.29 is 4.79 Å². The molecule has 0 aromatic heterocycles. The van der Waals surface area contributed by atoms with E-state index in [0.29, 0.717) is 5.56 Å². The van der Waals surface area contributed by atoms with Crippen LogP contribution in [0.2, 0.25) is 0 Å².